The number of nitrogens with two attached hydrogens (primary N) is 1. The zero-order chi connectivity index (χ0) is 17.9. The normalized spacial score (nSPS) is 16.5. The average Bonchev–Trinajstić information content (AvgIpc) is 3.13. The van der Waals surface area contributed by atoms with E-state index in [2.05, 4.69) is 33.1 Å². The van der Waals surface area contributed by atoms with Crippen LogP contribution in [-0.4, -0.2) is 28.9 Å². The molecule has 3 aromatic rings. The van der Waals surface area contributed by atoms with Crippen LogP contribution in [0.15, 0.2) is 60.4 Å². The maximum atomic E-state index is 7.88. The van der Waals surface area contributed by atoms with Crippen LogP contribution in [0.25, 0.3) is 22.4 Å². The molecule has 1 saturated heterocycles. The molecule has 2 aromatic carbocycles. The number of nitrogens with one attached hydrogen (secondary N) is 2. The molecule has 1 aromatic heterocycles. The topological polar surface area (TPSA) is 79.7 Å². The number of imidazole rings is 1. The van der Waals surface area contributed by atoms with Crippen LogP contribution in [0.4, 0.5) is 0 Å². The van der Waals surface area contributed by atoms with Gasteiger partial charge in [-0.25, -0.2) is 4.98 Å². The summed E-state index contributed by atoms with van der Waals surface area (Å²) >= 11 is 0. The highest BCUT2D eigenvalue weighted by Gasteiger charge is 2.19. The molecule has 2 heterocycles. The van der Waals surface area contributed by atoms with Crippen LogP contribution in [-0.2, 0) is 0 Å². The summed E-state index contributed by atoms with van der Waals surface area (Å²) in [7, 11) is 0. The van der Waals surface area contributed by atoms with Crippen LogP contribution in [0.2, 0.25) is 0 Å². The minimum absolute atomic E-state index is 0.353. The summed E-state index contributed by atoms with van der Waals surface area (Å²) < 4.78 is 2.07. The predicted octanol–water partition coefficient (Wildman–Crippen LogP) is 3.34. The van der Waals surface area contributed by atoms with E-state index in [0.29, 0.717) is 11.6 Å². The Morgan fingerprint density at radius 3 is 2.77 bits per heavy atom. The van der Waals surface area contributed by atoms with E-state index in [1.165, 1.54) is 6.21 Å². The van der Waals surface area contributed by atoms with Crippen LogP contribution >= 0.6 is 0 Å². The molecule has 0 aliphatic carbocycles. The third-order valence-corrected chi connectivity index (χ3v) is 5.13. The lowest BCUT2D eigenvalue weighted by molar-refractivity contribution is 0.429. The van der Waals surface area contributed by atoms with Crippen molar-refractivity contribution in [1.29, 1.82) is 5.41 Å². The van der Waals surface area contributed by atoms with Gasteiger partial charge in [-0.3, -0.25) is 4.57 Å². The number of rotatable bonds is 4. The van der Waals surface area contributed by atoms with Crippen molar-refractivity contribution in [2.45, 2.75) is 12.8 Å². The van der Waals surface area contributed by atoms with E-state index in [1.54, 1.807) is 0 Å². The molecule has 0 radical (unpaired) electrons. The standard InChI is InChI=1S/C21H23N5/c22-13-18(15-8-10-24-11-9-15)21(23)16-4-3-5-17(12-16)26-14-25-19-6-1-2-7-20(19)26/h1-7,12-15,22,24H,8-11,23H2/b21-18+,22-13?. The van der Waals surface area contributed by atoms with E-state index in [1.807, 2.05) is 36.7 Å². The van der Waals surface area contributed by atoms with Crippen LogP contribution in [0.3, 0.4) is 0 Å². The first kappa shape index (κ1) is 16.5. The molecule has 0 spiro atoms. The van der Waals surface area contributed by atoms with E-state index >= 15 is 0 Å². The van der Waals surface area contributed by atoms with Crippen LogP contribution in [0, 0.1) is 11.3 Å². The smallest absolute Gasteiger partial charge is 0.100 e. The van der Waals surface area contributed by atoms with Gasteiger partial charge in [0.25, 0.3) is 0 Å². The van der Waals surface area contributed by atoms with Gasteiger partial charge in [-0.15, -0.1) is 0 Å². The summed E-state index contributed by atoms with van der Waals surface area (Å²) in [6.45, 7) is 1.96. The largest absolute Gasteiger partial charge is 0.398 e. The zero-order valence-electron chi connectivity index (χ0n) is 14.7. The Labute approximate surface area is 153 Å². The number of fused-ring (bicyclic) bond motifs is 1. The van der Waals surface area contributed by atoms with Gasteiger partial charge < -0.3 is 16.5 Å². The number of piperidine rings is 1. The highest BCUT2D eigenvalue weighted by atomic mass is 15.0. The fourth-order valence-electron chi connectivity index (χ4n) is 3.70. The van der Waals surface area contributed by atoms with Gasteiger partial charge in [0.1, 0.15) is 6.33 Å². The SMILES string of the molecule is N=C/C(=C(\N)c1cccc(-n2cnc3ccccc32)c1)C1CCNCC1. The molecule has 132 valence electrons. The van der Waals surface area contributed by atoms with Gasteiger partial charge in [0.05, 0.1) is 11.0 Å². The first-order valence-corrected chi connectivity index (χ1v) is 9.01. The fourth-order valence-corrected chi connectivity index (χ4v) is 3.70. The number of para-hydroxylation sites is 2. The molecule has 5 nitrogen and oxygen atoms in total. The Morgan fingerprint density at radius 2 is 1.96 bits per heavy atom. The minimum atomic E-state index is 0.353. The summed E-state index contributed by atoms with van der Waals surface area (Å²) in [5.41, 5.74) is 12.2. The number of hydrogen-bond acceptors (Lipinski definition) is 4. The molecule has 1 aliphatic rings. The highest BCUT2D eigenvalue weighted by Crippen LogP contribution is 2.27. The summed E-state index contributed by atoms with van der Waals surface area (Å²) in [5.74, 6) is 0.353. The molecule has 26 heavy (non-hydrogen) atoms. The Bertz CT molecular complexity index is 963. The van der Waals surface area contributed by atoms with E-state index in [9.17, 15) is 0 Å². The minimum Gasteiger partial charge on any atom is -0.398 e. The third kappa shape index (κ3) is 3.02. The monoisotopic (exact) mass is 345 g/mol. The molecule has 1 aliphatic heterocycles. The van der Waals surface area contributed by atoms with Crippen molar-refractivity contribution in [3.63, 3.8) is 0 Å². The maximum Gasteiger partial charge on any atom is 0.100 e. The highest BCUT2D eigenvalue weighted by molar-refractivity contribution is 5.89. The molecule has 1 fully saturated rings. The van der Waals surface area contributed by atoms with Gasteiger partial charge in [0, 0.05) is 17.6 Å². The Hall–Kier alpha value is -2.92. The van der Waals surface area contributed by atoms with Gasteiger partial charge >= 0.3 is 0 Å². The van der Waals surface area contributed by atoms with Crippen molar-refractivity contribution >= 4 is 22.9 Å². The first-order chi connectivity index (χ1) is 12.8. The van der Waals surface area contributed by atoms with Gasteiger partial charge in [-0.1, -0.05) is 24.3 Å². The van der Waals surface area contributed by atoms with E-state index < -0.39 is 0 Å². The van der Waals surface area contributed by atoms with Crippen LogP contribution < -0.4 is 11.1 Å². The molecule has 0 unspecified atom stereocenters. The Kier molecular flexibility index (Phi) is 4.54. The lowest BCUT2D eigenvalue weighted by Gasteiger charge is -2.24. The summed E-state index contributed by atoms with van der Waals surface area (Å²) in [6.07, 6.45) is 5.33. The molecule has 4 N–H and O–H groups in total. The number of benzene rings is 2. The second-order valence-corrected chi connectivity index (χ2v) is 6.69. The Balaban J connectivity index is 1.75. The molecule has 0 saturated carbocycles. The molecule has 5 heteroatoms. The van der Waals surface area contributed by atoms with Crippen molar-refractivity contribution in [3.05, 3.63) is 66.0 Å². The zero-order valence-corrected chi connectivity index (χ0v) is 14.7. The van der Waals surface area contributed by atoms with Crippen molar-refractivity contribution in [2.24, 2.45) is 11.7 Å². The van der Waals surface area contributed by atoms with Crippen molar-refractivity contribution in [3.8, 4) is 5.69 Å². The molecular formula is C21H23N5. The fraction of sp³-hybridized carbons (Fsp3) is 0.238. The second kappa shape index (κ2) is 7.14. The lowest BCUT2D eigenvalue weighted by atomic mass is 9.88. The van der Waals surface area contributed by atoms with Crippen molar-refractivity contribution in [2.75, 3.05) is 13.1 Å². The van der Waals surface area contributed by atoms with E-state index in [4.69, 9.17) is 11.1 Å². The van der Waals surface area contributed by atoms with E-state index in [0.717, 1.165) is 53.8 Å². The summed E-state index contributed by atoms with van der Waals surface area (Å²) in [5, 5.41) is 11.2. The molecule has 0 bridgehead atoms. The number of allylic oxidation sites excluding steroid dienone is 1. The third-order valence-electron chi connectivity index (χ3n) is 5.13. The van der Waals surface area contributed by atoms with Gasteiger partial charge in [-0.05, 0) is 67.3 Å². The van der Waals surface area contributed by atoms with E-state index in [-0.39, 0.29) is 0 Å². The molecule has 0 atom stereocenters. The number of hydrogen-bond donors (Lipinski definition) is 3. The van der Waals surface area contributed by atoms with Crippen molar-refractivity contribution in [1.82, 2.24) is 14.9 Å². The second-order valence-electron chi connectivity index (χ2n) is 6.69. The molecule has 4 rings (SSSR count). The van der Waals surface area contributed by atoms with Crippen LogP contribution in [0.5, 0.6) is 0 Å². The average molecular weight is 345 g/mol. The number of nitrogens with zero attached hydrogens (tertiary/aromatic N) is 2. The quantitative estimate of drug-likeness (QED) is 0.635. The molecular weight excluding hydrogens is 322 g/mol. The van der Waals surface area contributed by atoms with Crippen molar-refractivity contribution < 1.29 is 0 Å². The number of aromatic nitrogens is 2. The lowest BCUT2D eigenvalue weighted by Crippen LogP contribution is -2.29. The van der Waals surface area contributed by atoms with Gasteiger partial charge in [-0.2, -0.15) is 0 Å². The summed E-state index contributed by atoms with van der Waals surface area (Å²) in [6, 6.07) is 16.2. The molecule has 0 amide bonds. The predicted molar refractivity (Wildman–Crippen MR) is 107 cm³/mol. The summed E-state index contributed by atoms with van der Waals surface area (Å²) in [4.78, 5) is 4.47. The van der Waals surface area contributed by atoms with Crippen LogP contribution in [0.1, 0.15) is 18.4 Å². The maximum absolute atomic E-state index is 7.88. The van der Waals surface area contributed by atoms with Gasteiger partial charge in [0.2, 0.25) is 0 Å². The Morgan fingerprint density at radius 1 is 1.15 bits per heavy atom. The first-order valence-electron chi connectivity index (χ1n) is 9.01. The van der Waals surface area contributed by atoms with Gasteiger partial charge in [0.15, 0.2) is 0 Å².